The van der Waals surface area contributed by atoms with Crippen LogP contribution in [0.1, 0.15) is 36.5 Å². The number of nitrogens with one attached hydrogen (secondary N) is 1. The topological polar surface area (TPSA) is 61.8 Å². The SMILES string of the molecule is CCN(CC(=O)O)C1CC(NCc2cc(C)c(C)cc2OC(F)F)C1. The number of carboxylic acid groups (broad SMARTS) is 1. The third-order valence-electron chi connectivity index (χ3n) is 4.85. The van der Waals surface area contributed by atoms with E-state index in [1.54, 1.807) is 6.07 Å². The van der Waals surface area contributed by atoms with Crippen molar-refractivity contribution in [3.8, 4) is 5.75 Å². The molecule has 25 heavy (non-hydrogen) atoms. The van der Waals surface area contributed by atoms with E-state index in [0.717, 1.165) is 24.0 Å². The fourth-order valence-corrected chi connectivity index (χ4v) is 3.17. The summed E-state index contributed by atoms with van der Waals surface area (Å²) in [5.41, 5.74) is 2.66. The molecule has 7 heteroatoms. The average Bonchev–Trinajstić information content (AvgIpc) is 2.47. The van der Waals surface area contributed by atoms with E-state index in [2.05, 4.69) is 10.1 Å². The first-order chi connectivity index (χ1) is 11.8. The fraction of sp³-hybridized carbons (Fsp3) is 0.611. The van der Waals surface area contributed by atoms with Crippen LogP contribution in [0.2, 0.25) is 0 Å². The van der Waals surface area contributed by atoms with Crippen LogP contribution in [0, 0.1) is 13.8 Å². The van der Waals surface area contributed by atoms with Crippen LogP contribution in [-0.4, -0.2) is 47.8 Å². The molecule has 0 aliphatic heterocycles. The Morgan fingerprint density at radius 3 is 2.56 bits per heavy atom. The zero-order valence-electron chi connectivity index (χ0n) is 14.9. The lowest BCUT2D eigenvalue weighted by atomic mass is 9.85. The molecule has 0 unspecified atom stereocenters. The van der Waals surface area contributed by atoms with E-state index in [9.17, 15) is 13.6 Å². The Bertz CT molecular complexity index is 604. The predicted octanol–water partition coefficient (Wildman–Crippen LogP) is 2.93. The summed E-state index contributed by atoms with van der Waals surface area (Å²) in [4.78, 5) is 12.8. The van der Waals surface area contributed by atoms with Crippen molar-refractivity contribution in [2.75, 3.05) is 13.1 Å². The van der Waals surface area contributed by atoms with Gasteiger partial charge in [-0.2, -0.15) is 8.78 Å². The van der Waals surface area contributed by atoms with E-state index in [4.69, 9.17) is 5.11 Å². The van der Waals surface area contributed by atoms with Crippen LogP contribution in [0.4, 0.5) is 8.78 Å². The number of halogens is 2. The minimum absolute atomic E-state index is 0.0530. The van der Waals surface area contributed by atoms with Crippen LogP contribution in [-0.2, 0) is 11.3 Å². The zero-order chi connectivity index (χ0) is 18.6. The van der Waals surface area contributed by atoms with Gasteiger partial charge in [-0.25, -0.2) is 0 Å². The summed E-state index contributed by atoms with van der Waals surface area (Å²) < 4.78 is 29.8. The minimum Gasteiger partial charge on any atom is -0.480 e. The lowest BCUT2D eigenvalue weighted by Crippen LogP contribution is -2.53. The summed E-state index contributed by atoms with van der Waals surface area (Å²) in [6.07, 6.45) is 1.72. The normalized spacial score (nSPS) is 20.0. The van der Waals surface area contributed by atoms with Crippen LogP contribution in [0.3, 0.4) is 0 Å². The van der Waals surface area contributed by atoms with Crippen molar-refractivity contribution in [1.82, 2.24) is 10.2 Å². The number of likely N-dealkylation sites (N-methyl/N-ethyl adjacent to an activating group) is 1. The largest absolute Gasteiger partial charge is 0.480 e. The van der Waals surface area contributed by atoms with Crippen LogP contribution in [0.15, 0.2) is 12.1 Å². The molecule has 0 bridgehead atoms. The van der Waals surface area contributed by atoms with Gasteiger partial charge < -0.3 is 15.2 Å². The van der Waals surface area contributed by atoms with Crippen molar-refractivity contribution >= 4 is 5.97 Å². The fourth-order valence-electron chi connectivity index (χ4n) is 3.17. The van der Waals surface area contributed by atoms with Gasteiger partial charge in [-0.3, -0.25) is 9.69 Å². The molecule has 0 radical (unpaired) electrons. The molecule has 1 aliphatic rings. The molecule has 0 aromatic heterocycles. The molecule has 1 aliphatic carbocycles. The molecule has 0 spiro atoms. The molecule has 0 heterocycles. The quantitative estimate of drug-likeness (QED) is 0.712. The Kier molecular flexibility index (Phi) is 6.72. The Balaban J connectivity index is 1.90. The number of aryl methyl sites for hydroxylation is 2. The Labute approximate surface area is 147 Å². The summed E-state index contributed by atoms with van der Waals surface area (Å²) in [6.45, 7) is 4.12. The maximum Gasteiger partial charge on any atom is 0.387 e. The Morgan fingerprint density at radius 2 is 2.00 bits per heavy atom. The molecule has 2 N–H and O–H groups in total. The van der Waals surface area contributed by atoms with Crippen LogP contribution < -0.4 is 10.1 Å². The van der Waals surface area contributed by atoms with Gasteiger partial charge in [0.25, 0.3) is 0 Å². The molecule has 1 saturated carbocycles. The average molecular weight is 356 g/mol. The molecular weight excluding hydrogens is 330 g/mol. The molecule has 5 nitrogen and oxygen atoms in total. The van der Waals surface area contributed by atoms with E-state index in [1.807, 2.05) is 31.7 Å². The van der Waals surface area contributed by atoms with Gasteiger partial charge in [-0.05, 0) is 50.4 Å². The van der Waals surface area contributed by atoms with E-state index in [0.29, 0.717) is 18.7 Å². The van der Waals surface area contributed by atoms with Crippen molar-refractivity contribution in [2.45, 2.75) is 58.9 Å². The molecule has 140 valence electrons. The minimum atomic E-state index is -2.84. The second-order valence-electron chi connectivity index (χ2n) is 6.58. The lowest BCUT2D eigenvalue weighted by Gasteiger charge is -2.42. The maximum atomic E-state index is 12.6. The van der Waals surface area contributed by atoms with Crippen LogP contribution in [0.5, 0.6) is 5.75 Å². The Hall–Kier alpha value is -1.73. The van der Waals surface area contributed by atoms with Gasteiger partial charge in [-0.15, -0.1) is 0 Å². The third-order valence-corrected chi connectivity index (χ3v) is 4.85. The number of hydrogen-bond donors (Lipinski definition) is 2. The molecular formula is C18H26F2N2O3. The molecule has 1 aromatic carbocycles. The first-order valence-electron chi connectivity index (χ1n) is 8.54. The number of carbonyl (C=O) groups is 1. The number of carboxylic acids is 1. The molecule has 0 atom stereocenters. The van der Waals surface area contributed by atoms with E-state index < -0.39 is 12.6 Å². The highest BCUT2D eigenvalue weighted by atomic mass is 19.3. The summed E-state index contributed by atoms with van der Waals surface area (Å²) in [7, 11) is 0. The van der Waals surface area contributed by atoms with Crippen molar-refractivity contribution in [1.29, 1.82) is 0 Å². The van der Waals surface area contributed by atoms with Gasteiger partial charge in [0.15, 0.2) is 0 Å². The highest BCUT2D eigenvalue weighted by Gasteiger charge is 2.33. The first kappa shape index (κ1) is 19.6. The number of benzene rings is 1. The first-order valence-corrected chi connectivity index (χ1v) is 8.54. The summed E-state index contributed by atoms with van der Waals surface area (Å²) in [5, 5.41) is 12.3. The second kappa shape index (κ2) is 8.58. The number of alkyl halides is 2. The predicted molar refractivity (Wildman–Crippen MR) is 91.1 cm³/mol. The highest BCUT2D eigenvalue weighted by molar-refractivity contribution is 5.69. The van der Waals surface area contributed by atoms with Gasteiger partial charge in [-0.1, -0.05) is 13.0 Å². The molecule has 0 amide bonds. The van der Waals surface area contributed by atoms with E-state index >= 15 is 0 Å². The van der Waals surface area contributed by atoms with Gasteiger partial charge in [0.05, 0.1) is 6.54 Å². The van der Waals surface area contributed by atoms with Gasteiger partial charge in [0.1, 0.15) is 5.75 Å². The van der Waals surface area contributed by atoms with Gasteiger partial charge >= 0.3 is 12.6 Å². The van der Waals surface area contributed by atoms with Gasteiger partial charge in [0.2, 0.25) is 0 Å². The highest BCUT2D eigenvalue weighted by Crippen LogP contribution is 2.28. The number of nitrogens with zero attached hydrogens (tertiary/aromatic N) is 1. The summed E-state index contributed by atoms with van der Waals surface area (Å²) in [5.74, 6) is -0.607. The molecule has 1 aromatic rings. The number of hydrogen-bond acceptors (Lipinski definition) is 4. The number of rotatable bonds is 9. The van der Waals surface area contributed by atoms with Gasteiger partial charge in [0, 0.05) is 24.2 Å². The van der Waals surface area contributed by atoms with Crippen molar-refractivity contribution in [3.63, 3.8) is 0 Å². The Morgan fingerprint density at radius 1 is 1.36 bits per heavy atom. The zero-order valence-corrected chi connectivity index (χ0v) is 14.9. The molecule has 0 saturated heterocycles. The standard InChI is InChI=1S/C18H26F2N2O3/c1-4-22(10-17(23)24)15-7-14(8-15)21-9-13-5-11(2)12(3)6-16(13)25-18(19)20/h5-6,14-15,18,21H,4,7-10H2,1-3H3,(H,23,24). The molecule has 1 fully saturated rings. The van der Waals surface area contributed by atoms with Crippen molar-refractivity contribution in [2.24, 2.45) is 0 Å². The third kappa shape index (κ3) is 5.37. The monoisotopic (exact) mass is 356 g/mol. The smallest absolute Gasteiger partial charge is 0.387 e. The maximum absolute atomic E-state index is 12.6. The summed E-state index contributed by atoms with van der Waals surface area (Å²) >= 11 is 0. The van der Waals surface area contributed by atoms with E-state index in [-0.39, 0.29) is 24.4 Å². The summed E-state index contributed by atoms with van der Waals surface area (Å²) in [6, 6.07) is 4.04. The van der Waals surface area contributed by atoms with Crippen LogP contribution >= 0.6 is 0 Å². The lowest BCUT2D eigenvalue weighted by molar-refractivity contribution is -0.139. The second-order valence-corrected chi connectivity index (χ2v) is 6.58. The van der Waals surface area contributed by atoms with E-state index in [1.165, 1.54) is 0 Å². The number of aliphatic carboxylic acids is 1. The van der Waals surface area contributed by atoms with Crippen molar-refractivity contribution < 1.29 is 23.4 Å². The molecule has 2 rings (SSSR count). The van der Waals surface area contributed by atoms with Crippen LogP contribution in [0.25, 0.3) is 0 Å². The van der Waals surface area contributed by atoms with Crippen molar-refractivity contribution in [3.05, 3.63) is 28.8 Å². The number of ether oxygens (including phenoxy) is 1.